The van der Waals surface area contributed by atoms with Crippen LogP contribution >= 0.6 is 0 Å². The van der Waals surface area contributed by atoms with E-state index in [1.54, 1.807) is 7.11 Å². The summed E-state index contributed by atoms with van der Waals surface area (Å²) >= 11 is 0. The molecular formula is C18H30N2O. The maximum absolute atomic E-state index is 5.45. The van der Waals surface area contributed by atoms with Crippen molar-refractivity contribution >= 4 is 0 Å². The second kappa shape index (κ2) is 8.40. The molecule has 0 radical (unpaired) electrons. The molecule has 0 aromatic heterocycles. The first-order chi connectivity index (χ1) is 10.2. The fourth-order valence-electron chi connectivity index (χ4n) is 3.16. The van der Waals surface area contributed by atoms with E-state index in [4.69, 9.17) is 4.74 Å². The molecule has 1 fully saturated rings. The van der Waals surface area contributed by atoms with Gasteiger partial charge in [0.1, 0.15) is 5.75 Å². The molecule has 1 aromatic carbocycles. The van der Waals surface area contributed by atoms with Gasteiger partial charge in [0.05, 0.1) is 7.11 Å². The van der Waals surface area contributed by atoms with E-state index in [1.165, 1.54) is 44.5 Å². The summed E-state index contributed by atoms with van der Waals surface area (Å²) in [7, 11) is 1.74. The maximum Gasteiger partial charge on any atom is 0.123 e. The highest BCUT2D eigenvalue weighted by atomic mass is 16.5. The van der Waals surface area contributed by atoms with Crippen LogP contribution in [-0.4, -0.2) is 38.2 Å². The van der Waals surface area contributed by atoms with E-state index in [-0.39, 0.29) is 0 Å². The van der Waals surface area contributed by atoms with Gasteiger partial charge in [-0.2, -0.15) is 0 Å². The Morgan fingerprint density at radius 3 is 2.57 bits per heavy atom. The van der Waals surface area contributed by atoms with Gasteiger partial charge < -0.3 is 15.0 Å². The third kappa shape index (κ3) is 5.01. The van der Waals surface area contributed by atoms with E-state index >= 15 is 0 Å². The topological polar surface area (TPSA) is 24.5 Å². The Morgan fingerprint density at radius 1 is 1.14 bits per heavy atom. The van der Waals surface area contributed by atoms with Crippen LogP contribution in [0.3, 0.4) is 0 Å². The number of rotatable bonds is 7. The average Bonchev–Trinajstić information content (AvgIpc) is 2.53. The number of para-hydroxylation sites is 1. The fraction of sp³-hybridized carbons (Fsp3) is 0.667. The lowest BCUT2D eigenvalue weighted by Crippen LogP contribution is -2.37. The van der Waals surface area contributed by atoms with Crippen LogP contribution in [0.25, 0.3) is 0 Å². The first-order valence-electron chi connectivity index (χ1n) is 8.29. The van der Waals surface area contributed by atoms with E-state index in [9.17, 15) is 0 Å². The quantitative estimate of drug-likeness (QED) is 0.832. The Balaban J connectivity index is 1.78. The zero-order valence-corrected chi connectivity index (χ0v) is 13.8. The van der Waals surface area contributed by atoms with Crippen LogP contribution in [0.2, 0.25) is 0 Å². The van der Waals surface area contributed by atoms with Crippen molar-refractivity contribution in [3.05, 3.63) is 29.8 Å². The van der Waals surface area contributed by atoms with Gasteiger partial charge >= 0.3 is 0 Å². The van der Waals surface area contributed by atoms with E-state index in [1.807, 2.05) is 12.1 Å². The fourth-order valence-corrected chi connectivity index (χ4v) is 3.16. The minimum Gasteiger partial charge on any atom is -0.496 e. The SMILES string of the molecule is COc1ccccc1C(C)NCC(C)CN1CCCCC1. The first-order valence-corrected chi connectivity index (χ1v) is 8.29. The molecule has 1 aliphatic heterocycles. The van der Waals surface area contributed by atoms with Crippen LogP contribution in [-0.2, 0) is 0 Å². The molecule has 2 unspecified atom stereocenters. The predicted octanol–water partition coefficient (Wildman–Crippen LogP) is 3.47. The van der Waals surface area contributed by atoms with Crippen molar-refractivity contribution in [2.75, 3.05) is 33.3 Å². The molecule has 1 saturated heterocycles. The van der Waals surface area contributed by atoms with Gasteiger partial charge in [0.15, 0.2) is 0 Å². The highest BCUT2D eigenvalue weighted by Crippen LogP contribution is 2.24. The summed E-state index contributed by atoms with van der Waals surface area (Å²) in [5.74, 6) is 1.65. The number of hydrogen-bond donors (Lipinski definition) is 1. The van der Waals surface area contributed by atoms with Crippen LogP contribution in [0.5, 0.6) is 5.75 Å². The molecule has 1 aliphatic rings. The summed E-state index contributed by atoms with van der Waals surface area (Å²) in [5.41, 5.74) is 1.24. The normalized spacial score (nSPS) is 19.2. The Kier molecular flexibility index (Phi) is 6.52. The molecule has 0 saturated carbocycles. The molecule has 2 rings (SSSR count). The molecule has 2 atom stereocenters. The van der Waals surface area contributed by atoms with Gasteiger partial charge in [-0.25, -0.2) is 0 Å². The predicted molar refractivity (Wildman–Crippen MR) is 88.9 cm³/mol. The Labute approximate surface area is 129 Å². The zero-order chi connectivity index (χ0) is 15.1. The van der Waals surface area contributed by atoms with Gasteiger partial charge in [0.2, 0.25) is 0 Å². The Hall–Kier alpha value is -1.06. The van der Waals surface area contributed by atoms with E-state index in [2.05, 4.69) is 36.2 Å². The highest BCUT2D eigenvalue weighted by molar-refractivity contribution is 5.35. The van der Waals surface area contributed by atoms with Gasteiger partial charge in [0, 0.05) is 18.2 Å². The number of hydrogen-bond acceptors (Lipinski definition) is 3. The Bertz CT molecular complexity index is 415. The Morgan fingerprint density at radius 2 is 1.86 bits per heavy atom. The zero-order valence-electron chi connectivity index (χ0n) is 13.8. The molecule has 0 amide bonds. The number of ether oxygens (including phenoxy) is 1. The molecule has 118 valence electrons. The molecule has 0 spiro atoms. The van der Waals surface area contributed by atoms with Gasteiger partial charge in [-0.15, -0.1) is 0 Å². The van der Waals surface area contributed by atoms with Crippen molar-refractivity contribution < 1.29 is 4.74 Å². The molecule has 21 heavy (non-hydrogen) atoms. The standard InChI is InChI=1S/C18H30N2O/c1-15(14-20-11-7-4-8-12-20)13-19-16(2)17-9-5-6-10-18(17)21-3/h5-6,9-10,15-16,19H,4,7-8,11-14H2,1-3H3. The lowest BCUT2D eigenvalue weighted by molar-refractivity contribution is 0.197. The molecule has 1 heterocycles. The molecule has 0 bridgehead atoms. The van der Waals surface area contributed by atoms with Gasteiger partial charge in [0.25, 0.3) is 0 Å². The van der Waals surface area contributed by atoms with Crippen molar-refractivity contribution in [1.82, 2.24) is 10.2 Å². The molecule has 3 heteroatoms. The van der Waals surface area contributed by atoms with Gasteiger partial charge in [-0.3, -0.25) is 0 Å². The van der Waals surface area contributed by atoms with Crippen LogP contribution in [0.1, 0.15) is 44.7 Å². The van der Waals surface area contributed by atoms with Gasteiger partial charge in [-0.05, 0) is 51.4 Å². The van der Waals surface area contributed by atoms with Crippen LogP contribution in [0.15, 0.2) is 24.3 Å². The summed E-state index contributed by atoms with van der Waals surface area (Å²) in [4.78, 5) is 2.61. The van der Waals surface area contributed by atoms with Crippen molar-refractivity contribution in [1.29, 1.82) is 0 Å². The number of piperidine rings is 1. The third-order valence-electron chi connectivity index (χ3n) is 4.40. The van der Waals surface area contributed by atoms with Crippen molar-refractivity contribution in [2.24, 2.45) is 5.92 Å². The minimum atomic E-state index is 0.324. The molecule has 1 N–H and O–H groups in total. The van der Waals surface area contributed by atoms with Crippen molar-refractivity contribution in [3.8, 4) is 5.75 Å². The largest absolute Gasteiger partial charge is 0.496 e. The smallest absolute Gasteiger partial charge is 0.123 e. The van der Waals surface area contributed by atoms with E-state index < -0.39 is 0 Å². The number of nitrogens with one attached hydrogen (secondary N) is 1. The second-order valence-corrected chi connectivity index (χ2v) is 6.34. The molecule has 0 aliphatic carbocycles. The molecular weight excluding hydrogens is 260 g/mol. The summed E-state index contributed by atoms with van der Waals surface area (Å²) in [6.07, 6.45) is 4.16. The lowest BCUT2D eigenvalue weighted by atomic mass is 10.0. The van der Waals surface area contributed by atoms with E-state index in [0.29, 0.717) is 12.0 Å². The summed E-state index contributed by atoms with van der Waals surface area (Å²) < 4.78 is 5.45. The summed E-state index contributed by atoms with van der Waals surface area (Å²) in [6, 6.07) is 8.60. The minimum absolute atomic E-state index is 0.324. The van der Waals surface area contributed by atoms with Crippen LogP contribution in [0.4, 0.5) is 0 Å². The van der Waals surface area contributed by atoms with Crippen molar-refractivity contribution in [2.45, 2.75) is 39.2 Å². The monoisotopic (exact) mass is 290 g/mol. The maximum atomic E-state index is 5.45. The summed E-state index contributed by atoms with van der Waals surface area (Å²) in [5, 5.41) is 3.66. The average molecular weight is 290 g/mol. The summed E-state index contributed by atoms with van der Waals surface area (Å²) in [6.45, 7) is 9.39. The van der Waals surface area contributed by atoms with Gasteiger partial charge in [-0.1, -0.05) is 31.5 Å². The number of methoxy groups -OCH3 is 1. The number of likely N-dealkylation sites (tertiary alicyclic amines) is 1. The highest BCUT2D eigenvalue weighted by Gasteiger charge is 2.15. The van der Waals surface area contributed by atoms with Crippen molar-refractivity contribution in [3.63, 3.8) is 0 Å². The number of nitrogens with zero attached hydrogens (tertiary/aromatic N) is 1. The molecule has 3 nitrogen and oxygen atoms in total. The van der Waals surface area contributed by atoms with E-state index in [0.717, 1.165) is 12.3 Å². The third-order valence-corrected chi connectivity index (χ3v) is 4.40. The first kappa shape index (κ1) is 16.3. The lowest BCUT2D eigenvalue weighted by Gasteiger charge is -2.29. The second-order valence-electron chi connectivity index (χ2n) is 6.34. The molecule has 1 aromatic rings. The van der Waals surface area contributed by atoms with Crippen LogP contribution in [0, 0.1) is 5.92 Å². The van der Waals surface area contributed by atoms with Crippen LogP contribution < -0.4 is 10.1 Å². The number of benzene rings is 1.